The molecule has 5 heteroatoms. The molecule has 2 rings (SSSR count). The number of benzene rings is 1. The van der Waals surface area contributed by atoms with Crippen LogP contribution in [0.4, 0.5) is 0 Å². The minimum Gasteiger partial charge on any atom is -0.481 e. The van der Waals surface area contributed by atoms with Crippen molar-refractivity contribution >= 4 is 11.9 Å². The van der Waals surface area contributed by atoms with Crippen LogP contribution in [0.3, 0.4) is 0 Å². The third-order valence-corrected chi connectivity index (χ3v) is 3.60. The van der Waals surface area contributed by atoms with Crippen molar-refractivity contribution in [3.63, 3.8) is 0 Å². The molecule has 2 unspecified atom stereocenters. The second-order valence-electron chi connectivity index (χ2n) is 4.88. The summed E-state index contributed by atoms with van der Waals surface area (Å²) in [4.78, 5) is 23.1. The largest absolute Gasteiger partial charge is 0.481 e. The van der Waals surface area contributed by atoms with E-state index in [4.69, 9.17) is 10.8 Å². The Bertz CT molecular complexity index is 461. The molecule has 0 spiro atoms. The van der Waals surface area contributed by atoms with Gasteiger partial charge in [-0.25, -0.2) is 0 Å². The zero-order chi connectivity index (χ0) is 13.8. The van der Waals surface area contributed by atoms with Crippen molar-refractivity contribution in [3.8, 4) is 0 Å². The number of hydrogen-bond donors (Lipinski definition) is 3. The van der Waals surface area contributed by atoms with Gasteiger partial charge >= 0.3 is 5.97 Å². The maximum atomic E-state index is 12.0. The lowest BCUT2D eigenvalue weighted by Crippen LogP contribution is -2.44. The van der Waals surface area contributed by atoms with Gasteiger partial charge < -0.3 is 16.2 Å². The fraction of sp³-hybridized carbons (Fsp3) is 0.429. The first-order valence-electron chi connectivity index (χ1n) is 6.43. The highest BCUT2D eigenvalue weighted by molar-refractivity contribution is 5.84. The second kappa shape index (κ2) is 5.84. The van der Waals surface area contributed by atoms with E-state index < -0.39 is 17.9 Å². The van der Waals surface area contributed by atoms with E-state index in [1.165, 1.54) is 0 Å². The highest BCUT2D eigenvalue weighted by Gasteiger charge is 2.34. The lowest BCUT2D eigenvalue weighted by Gasteiger charge is -2.20. The summed E-state index contributed by atoms with van der Waals surface area (Å²) in [7, 11) is 0. The average Bonchev–Trinajstić information content (AvgIpc) is 2.87. The highest BCUT2D eigenvalue weighted by atomic mass is 16.4. The van der Waals surface area contributed by atoms with Crippen LogP contribution in [0.2, 0.25) is 0 Å². The molecule has 1 saturated carbocycles. The van der Waals surface area contributed by atoms with Gasteiger partial charge in [0.25, 0.3) is 0 Å². The van der Waals surface area contributed by atoms with Gasteiger partial charge in [0.1, 0.15) is 6.04 Å². The van der Waals surface area contributed by atoms with Gasteiger partial charge in [0.2, 0.25) is 5.91 Å². The molecule has 1 amide bonds. The highest BCUT2D eigenvalue weighted by Crippen LogP contribution is 2.26. The van der Waals surface area contributed by atoms with E-state index in [9.17, 15) is 9.59 Å². The van der Waals surface area contributed by atoms with E-state index in [2.05, 4.69) is 5.32 Å². The smallest absolute Gasteiger partial charge is 0.308 e. The number of carboxylic acid groups (broad SMARTS) is 1. The number of nitrogens with two attached hydrogens (primary N) is 1. The lowest BCUT2D eigenvalue weighted by atomic mass is 10.0. The van der Waals surface area contributed by atoms with Crippen LogP contribution >= 0.6 is 0 Å². The maximum Gasteiger partial charge on any atom is 0.308 e. The van der Waals surface area contributed by atoms with E-state index in [0.29, 0.717) is 12.8 Å². The van der Waals surface area contributed by atoms with Crippen LogP contribution in [0.15, 0.2) is 30.3 Å². The first kappa shape index (κ1) is 13.5. The van der Waals surface area contributed by atoms with Gasteiger partial charge in [-0.15, -0.1) is 0 Å². The Balaban J connectivity index is 1.99. The molecule has 0 aromatic heterocycles. The Morgan fingerprint density at radius 2 is 1.95 bits per heavy atom. The van der Waals surface area contributed by atoms with Crippen LogP contribution in [-0.4, -0.2) is 23.0 Å². The summed E-state index contributed by atoms with van der Waals surface area (Å²) in [6, 6.07) is 8.00. The summed E-state index contributed by atoms with van der Waals surface area (Å²) in [5, 5.41) is 11.8. The number of carboxylic acids is 1. The summed E-state index contributed by atoms with van der Waals surface area (Å²) in [6.45, 7) is 0. The van der Waals surface area contributed by atoms with Gasteiger partial charge in [-0.3, -0.25) is 9.59 Å². The van der Waals surface area contributed by atoms with Crippen LogP contribution in [0.25, 0.3) is 0 Å². The number of carbonyl (C=O) groups excluding carboxylic acids is 1. The van der Waals surface area contributed by atoms with Gasteiger partial charge in [0, 0.05) is 6.04 Å². The first-order chi connectivity index (χ1) is 9.09. The molecule has 1 aliphatic carbocycles. The fourth-order valence-corrected chi connectivity index (χ4v) is 2.51. The Kier molecular flexibility index (Phi) is 4.16. The van der Waals surface area contributed by atoms with Crippen LogP contribution in [0.5, 0.6) is 0 Å². The quantitative estimate of drug-likeness (QED) is 0.756. The predicted molar refractivity (Wildman–Crippen MR) is 70.3 cm³/mol. The molecule has 3 atom stereocenters. The number of aliphatic carboxylic acids is 1. The molecular weight excluding hydrogens is 244 g/mol. The summed E-state index contributed by atoms with van der Waals surface area (Å²) in [6.07, 6.45) is 2.13. The van der Waals surface area contributed by atoms with E-state index >= 15 is 0 Å². The number of hydrogen-bond acceptors (Lipinski definition) is 3. The summed E-state index contributed by atoms with van der Waals surface area (Å²) in [5.41, 5.74) is 6.61. The normalized spacial score (nSPS) is 23.8. The molecule has 19 heavy (non-hydrogen) atoms. The maximum absolute atomic E-state index is 12.0. The molecule has 0 bridgehead atoms. The van der Waals surface area contributed by atoms with Gasteiger partial charge in [0.15, 0.2) is 0 Å². The number of nitrogens with one attached hydrogen (secondary N) is 1. The van der Waals surface area contributed by atoms with Gasteiger partial charge in [-0.05, 0) is 18.4 Å². The lowest BCUT2D eigenvalue weighted by molar-refractivity contribution is -0.142. The van der Waals surface area contributed by atoms with Crippen molar-refractivity contribution in [3.05, 3.63) is 35.9 Å². The molecule has 4 N–H and O–H groups in total. The van der Waals surface area contributed by atoms with E-state index in [1.54, 1.807) is 12.1 Å². The monoisotopic (exact) mass is 262 g/mol. The van der Waals surface area contributed by atoms with Gasteiger partial charge in [-0.1, -0.05) is 36.8 Å². The summed E-state index contributed by atoms with van der Waals surface area (Å²) < 4.78 is 0. The van der Waals surface area contributed by atoms with Crippen LogP contribution in [-0.2, 0) is 9.59 Å². The molecule has 0 radical (unpaired) electrons. The zero-order valence-corrected chi connectivity index (χ0v) is 10.6. The molecule has 5 nitrogen and oxygen atoms in total. The predicted octanol–water partition coefficient (Wildman–Crippen LogP) is 1.06. The van der Waals surface area contributed by atoms with Crippen molar-refractivity contribution < 1.29 is 14.7 Å². The third kappa shape index (κ3) is 3.12. The zero-order valence-electron chi connectivity index (χ0n) is 10.6. The Morgan fingerprint density at radius 3 is 2.58 bits per heavy atom. The SMILES string of the molecule is N[C@@H](C(=O)NC1CCCC1C(=O)O)c1ccccc1. The minimum absolute atomic E-state index is 0.306. The molecular formula is C14H18N2O3. The van der Waals surface area contributed by atoms with E-state index in [0.717, 1.165) is 12.0 Å². The van der Waals surface area contributed by atoms with Crippen LogP contribution in [0, 0.1) is 5.92 Å². The number of rotatable bonds is 4. The van der Waals surface area contributed by atoms with E-state index in [-0.39, 0.29) is 11.9 Å². The third-order valence-electron chi connectivity index (χ3n) is 3.60. The number of amides is 1. The topological polar surface area (TPSA) is 92.4 Å². The van der Waals surface area contributed by atoms with Crippen molar-refractivity contribution in [2.24, 2.45) is 11.7 Å². The molecule has 0 aliphatic heterocycles. The molecule has 0 saturated heterocycles. The van der Waals surface area contributed by atoms with Crippen molar-refractivity contribution in [2.75, 3.05) is 0 Å². The van der Waals surface area contributed by atoms with Crippen LogP contribution in [0.1, 0.15) is 30.9 Å². The second-order valence-corrected chi connectivity index (χ2v) is 4.88. The van der Waals surface area contributed by atoms with Crippen LogP contribution < -0.4 is 11.1 Å². The van der Waals surface area contributed by atoms with Gasteiger partial charge in [0.05, 0.1) is 5.92 Å². The molecule has 1 aromatic rings. The molecule has 1 aromatic carbocycles. The Labute approximate surface area is 111 Å². The molecule has 102 valence electrons. The van der Waals surface area contributed by atoms with Crippen molar-refractivity contribution in [1.29, 1.82) is 0 Å². The minimum atomic E-state index is -0.851. The standard InChI is InChI=1S/C14H18N2O3/c15-12(9-5-2-1-3-6-9)13(17)16-11-8-4-7-10(11)14(18)19/h1-3,5-6,10-12H,4,7-8,15H2,(H,16,17)(H,18,19)/t10?,11?,12-/m1/s1. The fourth-order valence-electron chi connectivity index (χ4n) is 2.51. The Morgan fingerprint density at radius 1 is 1.26 bits per heavy atom. The molecule has 1 aliphatic rings. The van der Waals surface area contributed by atoms with Crippen molar-refractivity contribution in [2.45, 2.75) is 31.3 Å². The van der Waals surface area contributed by atoms with E-state index in [1.807, 2.05) is 18.2 Å². The number of carbonyl (C=O) groups is 2. The van der Waals surface area contributed by atoms with Crippen molar-refractivity contribution in [1.82, 2.24) is 5.32 Å². The van der Waals surface area contributed by atoms with Gasteiger partial charge in [-0.2, -0.15) is 0 Å². The molecule has 1 fully saturated rings. The average molecular weight is 262 g/mol. The summed E-state index contributed by atoms with van der Waals surface area (Å²) >= 11 is 0. The summed E-state index contributed by atoms with van der Waals surface area (Å²) in [5.74, 6) is -1.66. The Hall–Kier alpha value is -1.88. The molecule has 0 heterocycles. The first-order valence-corrected chi connectivity index (χ1v) is 6.43.